The van der Waals surface area contributed by atoms with Crippen molar-refractivity contribution in [2.75, 3.05) is 11.8 Å². The van der Waals surface area contributed by atoms with Gasteiger partial charge >= 0.3 is 16.3 Å². The molecule has 21 heavy (non-hydrogen) atoms. The molecule has 1 aromatic carbocycles. The van der Waals surface area contributed by atoms with Crippen LogP contribution in [0.25, 0.3) is 0 Å². The van der Waals surface area contributed by atoms with Gasteiger partial charge in [0.25, 0.3) is 0 Å². The summed E-state index contributed by atoms with van der Waals surface area (Å²) >= 11 is 2.01. The van der Waals surface area contributed by atoms with Crippen molar-refractivity contribution in [2.45, 2.75) is 26.4 Å². The van der Waals surface area contributed by atoms with E-state index in [0.29, 0.717) is 11.4 Å². The summed E-state index contributed by atoms with van der Waals surface area (Å²) in [5.74, 6) is 0.624. The van der Waals surface area contributed by atoms with Crippen LogP contribution in [0.4, 0.5) is 10.5 Å². The van der Waals surface area contributed by atoms with Gasteiger partial charge in [-0.3, -0.25) is 4.72 Å². The molecule has 0 heterocycles. The van der Waals surface area contributed by atoms with Gasteiger partial charge in [-0.15, -0.1) is 0 Å². The Bertz CT molecular complexity index is 625. The van der Waals surface area contributed by atoms with Gasteiger partial charge in [0.2, 0.25) is 0 Å². The maximum Gasteiger partial charge on any atom is 0.422 e. The number of carbonyl (C=O) groups excluding carboxylic acids is 1. The van der Waals surface area contributed by atoms with Gasteiger partial charge < -0.3 is 9.47 Å². The number of methoxy groups -OCH3 is 1. The fourth-order valence-corrected chi connectivity index (χ4v) is 2.80. The second-order valence-corrected chi connectivity index (χ2v) is 7.64. The second kappa shape index (κ2) is 6.69. The maximum atomic E-state index is 11.8. The molecule has 9 heteroatoms. The third-order valence-electron chi connectivity index (χ3n) is 2.02. The summed E-state index contributed by atoms with van der Waals surface area (Å²) in [7, 11) is -2.54. The number of anilines is 1. The molecule has 0 saturated carbocycles. The van der Waals surface area contributed by atoms with Crippen LogP contribution in [0.3, 0.4) is 0 Å². The second-order valence-electron chi connectivity index (χ2n) is 5.06. The summed E-state index contributed by atoms with van der Waals surface area (Å²) in [6.45, 7) is 4.91. The van der Waals surface area contributed by atoms with Crippen molar-refractivity contribution in [1.29, 1.82) is 0 Å². The summed E-state index contributed by atoms with van der Waals surface area (Å²) < 4.78 is 38.3. The first-order valence-corrected chi connectivity index (χ1v) is 8.46. The Morgan fingerprint density at radius 2 is 1.90 bits per heavy atom. The lowest BCUT2D eigenvalue weighted by molar-refractivity contribution is 0.0570. The molecule has 1 aromatic rings. The number of benzene rings is 1. The van der Waals surface area contributed by atoms with E-state index in [4.69, 9.17) is 9.47 Å². The van der Waals surface area contributed by atoms with E-state index >= 15 is 0 Å². The molecule has 0 aliphatic heterocycles. The number of hydrogen-bond acceptors (Lipinski definition) is 5. The third-order valence-corrected chi connectivity index (χ3v) is 3.80. The van der Waals surface area contributed by atoms with Gasteiger partial charge in [-0.05, 0) is 61.6 Å². The van der Waals surface area contributed by atoms with Gasteiger partial charge in [-0.25, -0.2) is 9.52 Å². The van der Waals surface area contributed by atoms with Crippen LogP contribution in [0.1, 0.15) is 20.8 Å². The SMILES string of the molecule is COc1ccc(NS(=O)(=O)NC(=O)OC(C)(C)C)cc1I. The first-order valence-electron chi connectivity index (χ1n) is 5.89. The molecule has 0 spiro atoms. The van der Waals surface area contributed by atoms with Gasteiger partial charge in [0.15, 0.2) is 0 Å². The number of hydrogen-bond donors (Lipinski definition) is 2. The molecule has 0 radical (unpaired) electrons. The minimum absolute atomic E-state index is 0.302. The zero-order valence-corrected chi connectivity index (χ0v) is 15.0. The molecular formula is C12H17IN2O5S. The van der Waals surface area contributed by atoms with Gasteiger partial charge in [0.1, 0.15) is 11.4 Å². The standard InChI is InChI=1S/C12H17IN2O5S/c1-12(2,3)20-11(16)15-21(17,18)14-8-5-6-10(19-4)9(13)7-8/h5-7,14H,1-4H3,(H,15,16). The predicted molar refractivity (Wildman–Crippen MR) is 87.6 cm³/mol. The molecule has 0 bridgehead atoms. The summed E-state index contributed by atoms with van der Waals surface area (Å²) in [6, 6.07) is 4.72. The molecule has 2 N–H and O–H groups in total. The first-order chi connectivity index (χ1) is 9.52. The van der Waals surface area contributed by atoms with E-state index in [2.05, 4.69) is 4.72 Å². The number of halogens is 1. The van der Waals surface area contributed by atoms with E-state index in [0.717, 1.165) is 3.57 Å². The molecule has 1 rings (SSSR count). The van der Waals surface area contributed by atoms with Crippen molar-refractivity contribution in [3.05, 3.63) is 21.8 Å². The minimum Gasteiger partial charge on any atom is -0.496 e. The van der Waals surface area contributed by atoms with Crippen LogP contribution >= 0.6 is 22.6 Å². The average Bonchev–Trinajstić information content (AvgIpc) is 2.24. The fraction of sp³-hybridized carbons (Fsp3) is 0.417. The molecule has 7 nitrogen and oxygen atoms in total. The van der Waals surface area contributed by atoms with Crippen molar-refractivity contribution in [1.82, 2.24) is 4.72 Å². The molecule has 118 valence electrons. The zero-order chi connectivity index (χ0) is 16.3. The Balaban J connectivity index is 2.77. The summed E-state index contributed by atoms with van der Waals surface area (Å²) in [5, 5.41) is 0. The van der Waals surface area contributed by atoms with Crippen LogP contribution in [0, 0.1) is 3.57 Å². The van der Waals surface area contributed by atoms with E-state index in [1.54, 1.807) is 37.6 Å². The zero-order valence-electron chi connectivity index (χ0n) is 12.1. The molecule has 0 saturated heterocycles. The minimum atomic E-state index is -4.06. The van der Waals surface area contributed by atoms with Gasteiger partial charge in [-0.2, -0.15) is 8.42 Å². The summed E-state index contributed by atoms with van der Waals surface area (Å²) in [6.07, 6.45) is -1.04. The van der Waals surface area contributed by atoms with Crippen LogP contribution in [0.5, 0.6) is 5.75 Å². The van der Waals surface area contributed by atoms with Crippen molar-refractivity contribution in [3.63, 3.8) is 0 Å². The van der Waals surface area contributed by atoms with Crippen LogP contribution in [0.15, 0.2) is 18.2 Å². The van der Waals surface area contributed by atoms with E-state index in [-0.39, 0.29) is 0 Å². The lowest BCUT2D eigenvalue weighted by Crippen LogP contribution is -2.39. The first kappa shape index (κ1) is 17.8. The maximum absolute atomic E-state index is 11.8. The van der Waals surface area contributed by atoms with E-state index in [1.165, 1.54) is 13.2 Å². The predicted octanol–water partition coefficient (Wildman–Crippen LogP) is 2.48. The van der Waals surface area contributed by atoms with Crippen molar-refractivity contribution in [2.24, 2.45) is 0 Å². The van der Waals surface area contributed by atoms with Gasteiger partial charge in [0.05, 0.1) is 16.4 Å². The van der Waals surface area contributed by atoms with Crippen LogP contribution in [-0.2, 0) is 14.9 Å². The highest BCUT2D eigenvalue weighted by Crippen LogP contribution is 2.24. The van der Waals surface area contributed by atoms with Crippen LogP contribution in [-0.4, -0.2) is 27.2 Å². The number of amides is 1. The Morgan fingerprint density at radius 1 is 1.29 bits per heavy atom. The largest absolute Gasteiger partial charge is 0.496 e. The molecule has 0 atom stereocenters. The van der Waals surface area contributed by atoms with Gasteiger partial charge in [0, 0.05) is 0 Å². The Hall–Kier alpha value is -1.23. The molecule has 0 fully saturated rings. The molecule has 0 unspecified atom stereocenters. The van der Waals surface area contributed by atoms with Crippen molar-refractivity contribution in [3.8, 4) is 5.75 Å². The smallest absolute Gasteiger partial charge is 0.422 e. The molecule has 1 amide bonds. The fourth-order valence-electron chi connectivity index (χ4n) is 1.32. The summed E-state index contributed by atoms with van der Waals surface area (Å²) in [4.78, 5) is 11.5. The number of carbonyl (C=O) groups is 1. The number of nitrogens with one attached hydrogen (secondary N) is 2. The third kappa shape index (κ3) is 6.38. The van der Waals surface area contributed by atoms with E-state index in [9.17, 15) is 13.2 Å². The van der Waals surface area contributed by atoms with Gasteiger partial charge in [-0.1, -0.05) is 0 Å². The topological polar surface area (TPSA) is 93.7 Å². The van der Waals surface area contributed by atoms with Crippen molar-refractivity contribution < 1.29 is 22.7 Å². The highest BCUT2D eigenvalue weighted by Gasteiger charge is 2.21. The summed E-state index contributed by atoms with van der Waals surface area (Å²) in [5.41, 5.74) is -0.481. The lowest BCUT2D eigenvalue weighted by atomic mass is 10.2. The number of rotatable bonds is 4. The average molecular weight is 428 g/mol. The quantitative estimate of drug-likeness (QED) is 0.719. The molecule has 0 aliphatic carbocycles. The number of ether oxygens (including phenoxy) is 2. The molecule has 0 aliphatic rings. The highest BCUT2D eigenvalue weighted by molar-refractivity contribution is 14.1. The normalized spacial score (nSPS) is 11.7. The molecular weight excluding hydrogens is 411 g/mol. The van der Waals surface area contributed by atoms with Crippen molar-refractivity contribution >= 4 is 44.6 Å². The Kier molecular flexibility index (Phi) is 5.68. The highest BCUT2D eigenvalue weighted by atomic mass is 127. The monoisotopic (exact) mass is 428 g/mol. The van der Waals surface area contributed by atoms with Crippen LogP contribution < -0.4 is 14.2 Å². The Labute approximate surface area is 137 Å². The van der Waals surface area contributed by atoms with E-state index < -0.39 is 21.9 Å². The lowest BCUT2D eigenvalue weighted by Gasteiger charge is -2.19. The Morgan fingerprint density at radius 3 is 2.38 bits per heavy atom. The molecule has 0 aromatic heterocycles. The van der Waals surface area contributed by atoms with E-state index in [1.807, 2.05) is 22.6 Å². The van der Waals surface area contributed by atoms with Crippen LogP contribution in [0.2, 0.25) is 0 Å².